The first-order valence-corrected chi connectivity index (χ1v) is 7.42. The molecular weight excluding hydrogens is 260 g/mol. The third kappa shape index (κ3) is 2.20. The third-order valence-electron chi connectivity index (χ3n) is 4.03. The van der Waals surface area contributed by atoms with E-state index in [1.165, 1.54) is 22.2 Å². The second-order valence-electron chi connectivity index (χ2n) is 5.33. The molecule has 0 amide bonds. The zero-order valence-corrected chi connectivity index (χ0v) is 11.9. The summed E-state index contributed by atoms with van der Waals surface area (Å²) in [7, 11) is 0. The highest BCUT2D eigenvalue weighted by atomic mass is 16.5. The topological polar surface area (TPSA) is 17.4 Å². The van der Waals surface area contributed by atoms with Crippen LogP contribution in [0.25, 0.3) is 22.2 Å². The summed E-state index contributed by atoms with van der Waals surface area (Å²) in [6.07, 6.45) is 0. The van der Waals surface area contributed by atoms with Gasteiger partial charge in [0.15, 0.2) is 0 Å². The number of fused-ring (bicyclic) bond motifs is 1. The average molecular weight is 278 g/mol. The van der Waals surface area contributed by atoms with E-state index >= 15 is 0 Å². The number of ether oxygens (including phenoxy) is 1. The Bertz CT molecular complexity index is 742. The molecule has 0 spiro atoms. The minimum absolute atomic E-state index is 0.792. The molecular formula is C18H18N2O. The fraction of sp³-hybridized carbons (Fsp3) is 0.222. The maximum atomic E-state index is 5.50. The lowest BCUT2D eigenvalue weighted by Crippen LogP contribution is -2.44. The lowest BCUT2D eigenvalue weighted by Gasteiger charge is -2.32. The average Bonchev–Trinajstić information content (AvgIpc) is 2.96. The summed E-state index contributed by atoms with van der Waals surface area (Å²) >= 11 is 0. The first-order chi connectivity index (χ1) is 10.4. The fourth-order valence-electron chi connectivity index (χ4n) is 3.01. The van der Waals surface area contributed by atoms with Crippen molar-refractivity contribution in [3.63, 3.8) is 0 Å². The lowest BCUT2D eigenvalue weighted by molar-refractivity contribution is 0.112. The van der Waals surface area contributed by atoms with Crippen molar-refractivity contribution in [2.75, 3.05) is 31.3 Å². The zero-order valence-electron chi connectivity index (χ0n) is 11.9. The maximum Gasteiger partial charge on any atom is 0.0708 e. The molecule has 3 nitrogen and oxygen atoms in total. The Kier molecular flexibility index (Phi) is 3.13. The Hall–Kier alpha value is -2.26. The van der Waals surface area contributed by atoms with Gasteiger partial charge in [-0.2, -0.15) is 0 Å². The fourth-order valence-corrected chi connectivity index (χ4v) is 3.01. The highest BCUT2D eigenvalue weighted by Gasteiger charge is 2.17. The van der Waals surface area contributed by atoms with Crippen molar-refractivity contribution < 1.29 is 4.74 Å². The van der Waals surface area contributed by atoms with Gasteiger partial charge in [-0.15, -0.1) is 0 Å². The van der Waals surface area contributed by atoms with E-state index in [1.54, 1.807) is 0 Å². The number of benzene rings is 2. The number of morpholine rings is 1. The molecule has 0 atom stereocenters. The van der Waals surface area contributed by atoms with Crippen LogP contribution in [0.4, 0.5) is 0 Å². The predicted molar refractivity (Wildman–Crippen MR) is 86.1 cm³/mol. The summed E-state index contributed by atoms with van der Waals surface area (Å²) in [4.78, 5) is 0. The van der Waals surface area contributed by atoms with Crippen LogP contribution in [-0.4, -0.2) is 31.0 Å². The highest BCUT2D eigenvalue weighted by molar-refractivity contribution is 5.87. The van der Waals surface area contributed by atoms with Gasteiger partial charge in [-0.25, -0.2) is 0 Å². The molecule has 1 aliphatic heterocycles. The van der Waals surface area contributed by atoms with Crippen LogP contribution in [0.3, 0.4) is 0 Å². The SMILES string of the molecule is c1ccc(-c2cc3ccccc3n2N2CCOCC2)cc1. The Balaban J connectivity index is 1.92. The maximum absolute atomic E-state index is 5.50. The van der Waals surface area contributed by atoms with Crippen molar-refractivity contribution in [1.82, 2.24) is 4.68 Å². The van der Waals surface area contributed by atoms with E-state index < -0.39 is 0 Å². The van der Waals surface area contributed by atoms with Crippen LogP contribution in [0, 0.1) is 0 Å². The van der Waals surface area contributed by atoms with E-state index in [1.807, 2.05) is 0 Å². The molecule has 0 aliphatic carbocycles. The number of aromatic nitrogens is 1. The van der Waals surface area contributed by atoms with Gasteiger partial charge in [0.1, 0.15) is 0 Å². The van der Waals surface area contributed by atoms with Crippen molar-refractivity contribution in [3.8, 4) is 11.3 Å². The summed E-state index contributed by atoms with van der Waals surface area (Å²) < 4.78 is 7.85. The molecule has 0 unspecified atom stereocenters. The monoisotopic (exact) mass is 278 g/mol. The van der Waals surface area contributed by atoms with Crippen LogP contribution in [-0.2, 0) is 4.74 Å². The first kappa shape index (κ1) is 12.5. The van der Waals surface area contributed by atoms with Gasteiger partial charge in [0.25, 0.3) is 0 Å². The Morgan fingerprint density at radius 3 is 2.33 bits per heavy atom. The van der Waals surface area contributed by atoms with Crippen LogP contribution in [0.2, 0.25) is 0 Å². The summed E-state index contributed by atoms with van der Waals surface area (Å²) in [6, 6.07) is 21.4. The zero-order chi connectivity index (χ0) is 14.1. The summed E-state index contributed by atoms with van der Waals surface area (Å²) in [5.41, 5.74) is 3.76. The molecule has 3 heteroatoms. The molecule has 0 bridgehead atoms. The lowest BCUT2D eigenvalue weighted by atomic mass is 10.1. The standard InChI is InChI=1S/C18H18N2O/c1-2-6-15(7-3-1)18-14-16-8-4-5-9-17(16)20(18)19-10-12-21-13-11-19/h1-9,14H,10-13H2. The third-order valence-corrected chi connectivity index (χ3v) is 4.03. The van der Waals surface area contributed by atoms with Gasteiger partial charge < -0.3 is 9.75 Å². The Morgan fingerprint density at radius 2 is 1.52 bits per heavy atom. The molecule has 0 radical (unpaired) electrons. The largest absolute Gasteiger partial charge is 0.378 e. The van der Waals surface area contributed by atoms with Crippen LogP contribution >= 0.6 is 0 Å². The van der Waals surface area contributed by atoms with Gasteiger partial charge in [-0.05, 0) is 12.1 Å². The minimum Gasteiger partial charge on any atom is -0.378 e. The van der Waals surface area contributed by atoms with Gasteiger partial charge >= 0.3 is 0 Å². The van der Waals surface area contributed by atoms with Crippen LogP contribution < -0.4 is 5.01 Å². The van der Waals surface area contributed by atoms with Crippen molar-refractivity contribution in [2.24, 2.45) is 0 Å². The van der Waals surface area contributed by atoms with Gasteiger partial charge in [0, 0.05) is 10.9 Å². The molecule has 1 fully saturated rings. The molecule has 3 aromatic rings. The molecule has 2 aromatic carbocycles. The summed E-state index contributed by atoms with van der Waals surface area (Å²) in [5, 5.41) is 3.66. The van der Waals surface area contributed by atoms with Crippen molar-refractivity contribution in [2.45, 2.75) is 0 Å². The molecule has 0 N–H and O–H groups in total. The Labute approximate surface area is 124 Å². The van der Waals surface area contributed by atoms with Gasteiger partial charge in [-0.1, -0.05) is 48.5 Å². The van der Waals surface area contributed by atoms with E-state index in [9.17, 15) is 0 Å². The molecule has 1 saturated heterocycles. The van der Waals surface area contributed by atoms with E-state index in [-0.39, 0.29) is 0 Å². The minimum atomic E-state index is 0.792. The van der Waals surface area contributed by atoms with E-state index in [0.29, 0.717) is 0 Å². The van der Waals surface area contributed by atoms with Crippen molar-refractivity contribution in [3.05, 3.63) is 60.7 Å². The van der Waals surface area contributed by atoms with E-state index in [4.69, 9.17) is 4.74 Å². The molecule has 106 valence electrons. The highest BCUT2D eigenvalue weighted by Crippen LogP contribution is 2.28. The number of nitrogens with zero attached hydrogens (tertiary/aromatic N) is 2. The smallest absolute Gasteiger partial charge is 0.0708 e. The molecule has 21 heavy (non-hydrogen) atoms. The second-order valence-corrected chi connectivity index (χ2v) is 5.33. The van der Waals surface area contributed by atoms with E-state index in [0.717, 1.165) is 26.3 Å². The van der Waals surface area contributed by atoms with Gasteiger partial charge in [-0.3, -0.25) is 4.68 Å². The summed E-state index contributed by atoms with van der Waals surface area (Å²) in [5.74, 6) is 0. The van der Waals surface area contributed by atoms with Crippen LogP contribution in [0.1, 0.15) is 0 Å². The number of para-hydroxylation sites is 1. The van der Waals surface area contributed by atoms with Crippen molar-refractivity contribution >= 4 is 10.9 Å². The second kappa shape index (κ2) is 5.26. The Morgan fingerprint density at radius 1 is 0.810 bits per heavy atom. The quantitative estimate of drug-likeness (QED) is 0.716. The molecule has 0 saturated carbocycles. The van der Waals surface area contributed by atoms with Gasteiger partial charge in [0.05, 0.1) is 37.5 Å². The molecule has 4 rings (SSSR count). The predicted octanol–water partition coefficient (Wildman–Crippen LogP) is 3.28. The van der Waals surface area contributed by atoms with Crippen LogP contribution in [0.15, 0.2) is 60.7 Å². The molecule has 2 heterocycles. The van der Waals surface area contributed by atoms with Gasteiger partial charge in [0.2, 0.25) is 0 Å². The number of hydrogen-bond acceptors (Lipinski definition) is 2. The number of hydrogen-bond donors (Lipinski definition) is 0. The normalized spacial score (nSPS) is 15.5. The molecule has 1 aromatic heterocycles. The van der Waals surface area contributed by atoms with Crippen LogP contribution in [0.5, 0.6) is 0 Å². The van der Waals surface area contributed by atoms with Crippen molar-refractivity contribution in [1.29, 1.82) is 0 Å². The first-order valence-electron chi connectivity index (χ1n) is 7.42. The number of rotatable bonds is 2. The summed E-state index contributed by atoms with van der Waals surface area (Å²) in [6.45, 7) is 3.44. The van der Waals surface area contributed by atoms with E-state index in [2.05, 4.69) is 70.3 Å². The molecule has 1 aliphatic rings.